The second kappa shape index (κ2) is 2.01. The molecule has 0 radical (unpaired) electrons. The lowest BCUT2D eigenvalue weighted by Gasteiger charge is -2.25. The Morgan fingerprint density at radius 3 is 3.10 bits per heavy atom. The highest BCUT2D eigenvalue weighted by Gasteiger charge is 2.38. The molecule has 1 fully saturated rings. The average molecular weight is 157 g/mol. The molecule has 0 aliphatic heterocycles. The quantitative estimate of drug-likeness (QED) is 0.374. The van der Waals surface area contributed by atoms with E-state index in [0.29, 0.717) is 10.8 Å². The van der Waals surface area contributed by atoms with Crippen molar-refractivity contribution in [3.8, 4) is 0 Å². The van der Waals surface area contributed by atoms with E-state index < -0.39 is 0 Å². The van der Waals surface area contributed by atoms with Crippen molar-refractivity contribution in [3.05, 3.63) is 12.2 Å². The van der Waals surface area contributed by atoms with Gasteiger partial charge in [-0.05, 0) is 30.6 Å². The molecule has 56 valence electrons. The van der Waals surface area contributed by atoms with Gasteiger partial charge < -0.3 is 0 Å². The molecule has 0 amide bonds. The van der Waals surface area contributed by atoms with Crippen molar-refractivity contribution in [2.24, 2.45) is 11.3 Å². The molecule has 0 saturated heterocycles. The Hall–Kier alpha value is 0.0300. The normalized spacial score (nSPS) is 51.8. The Balaban J connectivity index is 2.27. The van der Waals surface area contributed by atoms with Gasteiger partial charge in [0.2, 0.25) is 0 Å². The number of alkyl halides is 1. The lowest BCUT2D eigenvalue weighted by Crippen LogP contribution is -2.18. The molecule has 0 unspecified atom stereocenters. The summed E-state index contributed by atoms with van der Waals surface area (Å²) >= 11 is 6.08. The molecule has 2 bridgehead atoms. The number of hydrogen-bond acceptors (Lipinski definition) is 0. The lowest BCUT2D eigenvalue weighted by molar-refractivity contribution is 0.399. The molecule has 0 aromatic rings. The third-order valence-electron chi connectivity index (χ3n) is 2.95. The molecule has 1 saturated carbocycles. The first-order valence-corrected chi connectivity index (χ1v) is 4.47. The van der Waals surface area contributed by atoms with E-state index in [1.807, 2.05) is 0 Å². The van der Waals surface area contributed by atoms with Crippen LogP contribution in [0.15, 0.2) is 12.2 Å². The van der Waals surface area contributed by atoms with Crippen LogP contribution in [0.25, 0.3) is 0 Å². The topological polar surface area (TPSA) is 0 Å². The predicted molar refractivity (Wildman–Crippen MR) is 44.2 cm³/mol. The summed E-state index contributed by atoms with van der Waals surface area (Å²) in [7, 11) is 0. The second-order valence-electron chi connectivity index (χ2n) is 3.96. The van der Waals surface area contributed by atoms with Gasteiger partial charge in [-0.1, -0.05) is 19.1 Å². The first kappa shape index (κ1) is 6.72. The highest BCUT2D eigenvalue weighted by atomic mass is 35.5. The number of hydrogen-bond donors (Lipinski definition) is 0. The monoisotopic (exact) mass is 156 g/mol. The summed E-state index contributed by atoms with van der Waals surface area (Å²) < 4.78 is 0. The van der Waals surface area contributed by atoms with E-state index in [4.69, 9.17) is 11.6 Å². The fourth-order valence-electron chi connectivity index (χ4n) is 2.22. The minimum Gasteiger partial charge on any atom is -0.118 e. The zero-order valence-electron chi connectivity index (χ0n) is 6.31. The van der Waals surface area contributed by atoms with Crippen LogP contribution in [0.4, 0.5) is 0 Å². The van der Waals surface area contributed by atoms with Crippen LogP contribution in [0.5, 0.6) is 0 Å². The van der Waals surface area contributed by atoms with Gasteiger partial charge in [0.05, 0.1) is 5.38 Å². The van der Waals surface area contributed by atoms with Crippen molar-refractivity contribution in [1.29, 1.82) is 0 Å². The van der Waals surface area contributed by atoms with Gasteiger partial charge in [0.25, 0.3) is 0 Å². The van der Waals surface area contributed by atoms with Gasteiger partial charge >= 0.3 is 0 Å². The minimum atomic E-state index is 0.329. The van der Waals surface area contributed by atoms with Crippen LogP contribution < -0.4 is 0 Å². The molecule has 2 aliphatic rings. The third kappa shape index (κ3) is 0.897. The van der Waals surface area contributed by atoms with Crippen LogP contribution in [-0.2, 0) is 0 Å². The predicted octanol–water partition coefficient (Wildman–Crippen LogP) is 2.97. The van der Waals surface area contributed by atoms with Gasteiger partial charge in [-0.3, -0.25) is 0 Å². The van der Waals surface area contributed by atoms with E-state index in [1.54, 1.807) is 0 Å². The van der Waals surface area contributed by atoms with Crippen molar-refractivity contribution < 1.29 is 0 Å². The van der Waals surface area contributed by atoms with Gasteiger partial charge in [-0.25, -0.2) is 0 Å². The Morgan fingerprint density at radius 1 is 1.60 bits per heavy atom. The minimum absolute atomic E-state index is 0.329. The smallest absolute Gasteiger partial charge is 0.0544 e. The third-order valence-corrected chi connectivity index (χ3v) is 3.45. The molecular formula is C9H13Cl. The maximum atomic E-state index is 6.08. The second-order valence-corrected chi connectivity index (χ2v) is 4.46. The van der Waals surface area contributed by atoms with Gasteiger partial charge in [-0.15, -0.1) is 11.6 Å². The van der Waals surface area contributed by atoms with Crippen LogP contribution in [-0.4, -0.2) is 5.38 Å². The average Bonchev–Trinajstić information content (AvgIpc) is 2.23. The largest absolute Gasteiger partial charge is 0.118 e. The van der Waals surface area contributed by atoms with E-state index in [2.05, 4.69) is 19.1 Å². The van der Waals surface area contributed by atoms with Crippen LogP contribution >= 0.6 is 11.6 Å². The summed E-state index contributed by atoms with van der Waals surface area (Å²) in [5.74, 6) is 0.775. The molecule has 2 rings (SSSR count). The van der Waals surface area contributed by atoms with Gasteiger partial charge in [-0.2, -0.15) is 0 Å². The van der Waals surface area contributed by atoms with Gasteiger partial charge in [0.1, 0.15) is 0 Å². The molecule has 1 heteroatoms. The number of fused-ring (bicyclic) bond motifs is 2. The molecular weight excluding hydrogens is 144 g/mol. The van der Waals surface area contributed by atoms with Crippen LogP contribution in [0.2, 0.25) is 0 Å². The van der Waals surface area contributed by atoms with Crippen LogP contribution in [0, 0.1) is 11.3 Å². The molecule has 0 nitrogen and oxygen atoms in total. The summed E-state index contributed by atoms with van der Waals surface area (Å²) in [5, 5.41) is 0.329. The Bertz CT molecular complexity index is 174. The molecule has 0 heterocycles. The number of allylic oxidation sites excluding steroid dienone is 2. The van der Waals surface area contributed by atoms with E-state index in [0.717, 1.165) is 5.92 Å². The highest BCUT2D eigenvalue weighted by Crippen LogP contribution is 2.48. The Morgan fingerprint density at radius 2 is 2.40 bits per heavy atom. The molecule has 3 atom stereocenters. The van der Waals surface area contributed by atoms with Crippen molar-refractivity contribution >= 4 is 11.6 Å². The van der Waals surface area contributed by atoms with E-state index in [1.165, 1.54) is 19.3 Å². The summed E-state index contributed by atoms with van der Waals surface area (Å²) in [4.78, 5) is 0. The molecule has 10 heavy (non-hydrogen) atoms. The van der Waals surface area contributed by atoms with Crippen LogP contribution in [0.3, 0.4) is 0 Å². The zero-order chi connectivity index (χ0) is 7.19. The Kier molecular flexibility index (Phi) is 1.35. The number of halogens is 1. The summed E-state index contributed by atoms with van der Waals surface area (Å²) in [6.45, 7) is 2.34. The molecule has 0 N–H and O–H groups in total. The van der Waals surface area contributed by atoms with E-state index in [9.17, 15) is 0 Å². The van der Waals surface area contributed by atoms with Gasteiger partial charge in [0, 0.05) is 0 Å². The molecule has 2 aliphatic carbocycles. The van der Waals surface area contributed by atoms with Crippen molar-refractivity contribution in [2.45, 2.75) is 31.6 Å². The zero-order valence-corrected chi connectivity index (χ0v) is 7.06. The fraction of sp³-hybridized carbons (Fsp3) is 0.778. The molecule has 0 aromatic carbocycles. The maximum absolute atomic E-state index is 6.08. The van der Waals surface area contributed by atoms with E-state index in [-0.39, 0.29) is 0 Å². The summed E-state index contributed by atoms with van der Waals surface area (Å²) in [6.07, 6.45) is 8.49. The molecule has 0 spiro atoms. The fourth-order valence-corrected chi connectivity index (χ4v) is 2.51. The number of rotatable bonds is 0. The molecule has 0 aromatic heterocycles. The summed E-state index contributed by atoms with van der Waals surface area (Å²) in [6, 6.07) is 0. The first-order valence-electron chi connectivity index (χ1n) is 4.03. The van der Waals surface area contributed by atoms with Crippen molar-refractivity contribution in [1.82, 2.24) is 0 Å². The van der Waals surface area contributed by atoms with Crippen molar-refractivity contribution in [2.75, 3.05) is 0 Å². The van der Waals surface area contributed by atoms with Crippen LogP contribution in [0.1, 0.15) is 26.2 Å². The SMILES string of the molecule is C[C@@]12C=C[C@H](Cl)[C@@H](CC1)C2. The summed E-state index contributed by atoms with van der Waals surface area (Å²) in [5.41, 5.74) is 0.510. The van der Waals surface area contributed by atoms with E-state index >= 15 is 0 Å². The first-order chi connectivity index (χ1) is 4.70. The lowest BCUT2D eigenvalue weighted by atomic mass is 9.83. The van der Waals surface area contributed by atoms with Gasteiger partial charge in [0.15, 0.2) is 0 Å². The maximum Gasteiger partial charge on any atom is 0.0544 e. The van der Waals surface area contributed by atoms with Crippen molar-refractivity contribution in [3.63, 3.8) is 0 Å². The highest BCUT2D eigenvalue weighted by molar-refractivity contribution is 6.22. The Labute approximate surface area is 67.3 Å². The standard InChI is InChI=1S/C9H13Cl/c1-9-4-2-7(6-9)8(10)3-5-9/h3,5,7-8H,2,4,6H2,1H3/t7-,8-,9-/m0/s1.